The summed E-state index contributed by atoms with van der Waals surface area (Å²) >= 11 is 0. The Morgan fingerprint density at radius 1 is 1.16 bits per heavy atom. The highest BCUT2D eigenvalue weighted by Gasteiger charge is 2.37. The molecular weight excluding hydrogens is 314 g/mol. The lowest BCUT2D eigenvalue weighted by Gasteiger charge is -2.29. The van der Waals surface area contributed by atoms with Crippen LogP contribution in [0.5, 0.6) is 0 Å². The zero-order valence-corrected chi connectivity index (χ0v) is 14.2. The summed E-state index contributed by atoms with van der Waals surface area (Å²) in [4.78, 5) is 0. The summed E-state index contributed by atoms with van der Waals surface area (Å²) in [5, 5.41) is 21.8. The number of benzene rings is 2. The van der Waals surface area contributed by atoms with E-state index in [1.54, 1.807) is 0 Å². The molecule has 3 aromatic rings. The third kappa shape index (κ3) is 2.97. The maximum Gasteiger partial charge on any atom is 0.247 e. The number of aryl methyl sites for hydroxylation is 2. The van der Waals surface area contributed by atoms with Crippen LogP contribution in [0.1, 0.15) is 29.0 Å². The van der Waals surface area contributed by atoms with Crippen molar-refractivity contribution < 1.29 is 9.52 Å². The van der Waals surface area contributed by atoms with Crippen LogP contribution >= 0.6 is 0 Å². The molecular formula is C20H21N3O2. The van der Waals surface area contributed by atoms with Gasteiger partial charge in [0.2, 0.25) is 11.8 Å². The van der Waals surface area contributed by atoms with Crippen molar-refractivity contribution in [2.45, 2.75) is 31.8 Å². The fourth-order valence-corrected chi connectivity index (χ4v) is 3.56. The van der Waals surface area contributed by atoms with E-state index in [0.717, 1.165) is 29.5 Å². The number of nitrogens with one attached hydrogen (secondary N) is 1. The standard InChI is InChI=1S/C20H21N3O2/c1-14-5-4-7-16(11-14)19-23-22-18(25-19)12-21-20(13-24)10-9-15-6-2-3-8-17(15)20/h2-8,11,21,24H,9-10,12-13H2,1H3. The number of aliphatic hydroxyl groups excluding tert-OH is 1. The minimum Gasteiger partial charge on any atom is -0.419 e. The number of hydrogen-bond acceptors (Lipinski definition) is 5. The van der Waals surface area contributed by atoms with Crippen molar-refractivity contribution in [1.82, 2.24) is 15.5 Å². The molecule has 0 radical (unpaired) electrons. The summed E-state index contributed by atoms with van der Waals surface area (Å²) in [5.41, 5.74) is 4.08. The Morgan fingerprint density at radius 2 is 2.04 bits per heavy atom. The highest BCUT2D eigenvalue weighted by Crippen LogP contribution is 2.36. The minimum absolute atomic E-state index is 0.0445. The molecule has 2 aromatic carbocycles. The van der Waals surface area contributed by atoms with Crippen LogP contribution in [-0.2, 0) is 18.5 Å². The predicted molar refractivity (Wildman–Crippen MR) is 94.8 cm³/mol. The molecule has 0 fully saturated rings. The van der Waals surface area contributed by atoms with E-state index in [0.29, 0.717) is 18.3 Å². The van der Waals surface area contributed by atoms with Gasteiger partial charge in [-0.3, -0.25) is 5.32 Å². The van der Waals surface area contributed by atoms with Crippen molar-refractivity contribution in [3.05, 3.63) is 71.1 Å². The van der Waals surface area contributed by atoms with E-state index in [1.807, 2.05) is 43.3 Å². The molecule has 0 aliphatic heterocycles. The quantitative estimate of drug-likeness (QED) is 0.750. The normalized spacial score (nSPS) is 19.1. The van der Waals surface area contributed by atoms with Crippen molar-refractivity contribution >= 4 is 0 Å². The molecule has 5 heteroatoms. The van der Waals surface area contributed by atoms with Crippen molar-refractivity contribution in [3.63, 3.8) is 0 Å². The van der Waals surface area contributed by atoms with Crippen LogP contribution in [-0.4, -0.2) is 21.9 Å². The zero-order chi connectivity index (χ0) is 17.3. The van der Waals surface area contributed by atoms with Gasteiger partial charge in [-0.05, 0) is 43.0 Å². The van der Waals surface area contributed by atoms with Gasteiger partial charge in [-0.2, -0.15) is 0 Å². The molecule has 2 N–H and O–H groups in total. The summed E-state index contributed by atoms with van der Waals surface area (Å²) in [6.45, 7) is 2.50. The highest BCUT2D eigenvalue weighted by atomic mass is 16.4. The summed E-state index contributed by atoms with van der Waals surface area (Å²) in [5.74, 6) is 1.04. The Hall–Kier alpha value is -2.50. The van der Waals surface area contributed by atoms with Gasteiger partial charge in [0.1, 0.15) is 0 Å². The molecule has 0 spiro atoms. The van der Waals surface area contributed by atoms with E-state index in [2.05, 4.69) is 27.6 Å². The molecule has 1 aromatic heterocycles. The maximum absolute atomic E-state index is 10.0. The Bertz CT molecular complexity index is 890. The highest BCUT2D eigenvalue weighted by molar-refractivity contribution is 5.53. The van der Waals surface area contributed by atoms with Gasteiger partial charge in [0, 0.05) is 5.56 Å². The first-order valence-corrected chi connectivity index (χ1v) is 8.54. The lowest BCUT2D eigenvalue weighted by Crippen LogP contribution is -2.43. The van der Waals surface area contributed by atoms with Gasteiger partial charge in [-0.1, -0.05) is 42.0 Å². The van der Waals surface area contributed by atoms with Crippen molar-refractivity contribution in [2.75, 3.05) is 6.61 Å². The van der Waals surface area contributed by atoms with Crippen LogP contribution in [0.2, 0.25) is 0 Å². The smallest absolute Gasteiger partial charge is 0.247 e. The average molecular weight is 335 g/mol. The second-order valence-electron chi connectivity index (χ2n) is 6.62. The predicted octanol–water partition coefficient (Wildman–Crippen LogP) is 2.97. The molecule has 1 unspecified atom stereocenters. The summed E-state index contributed by atoms with van der Waals surface area (Å²) in [6, 6.07) is 16.2. The lowest BCUT2D eigenvalue weighted by atomic mass is 9.92. The van der Waals surface area contributed by atoms with Gasteiger partial charge in [-0.15, -0.1) is 10.2 Å². The zero-order valence-electron chi connectivity index (χ0n) is 14.2. The molecule has 4 rings (SSSR count). The van der Waals surface area contributed by atoms with E-state index >= 15 is 0 Å². The molecule has 128 valence electrons. The number of fused-ring (bicyclic) bond motifs is 1. The lowest BCUT2D eigenvalue weighted by molar-refractivity contribution is 0.155. The van der Waals surface area contributed by atoms with Crippen LogP contribution in [0.25, 0.3) is 11.5 Å². The monoisotopic (exact) mass is 335 g/mol. The SMILES string of the molecule is Cc1cccc(-c2nnc(CNC3(CO)CCc4ccccc43)o2)c1. The van der Waals surface area contributed by atoms with Crippen LogP contribution < -0.4 is 5.32 Å². The molecule has 0 amide bonds. The second kappa shape index (κ2) is 6.43. The number of nitrogens with zero attached hydrogens (tertiary/aromatic N) is 2. The van der Waals surface area contributed by atoms with Gasteiger partial charge < -0.3 is 9.52 Å². The van der Waals surface area contributed by atoms with Gasteiger partial charge in [-0.25, -0.2) is 0 Å². The largest absolute Gasteiger partial charge is 0.419 e. The molecule has 1 aliphatic carbocycles. The Morgan fingerprint density at radius 3 is 2.88 bits per heavy atom. The summed E-state index contributed by atoms with van der Waals surface area (Å²) < 4.78 is 5.80. The molecule has 1 atom stereocenters. The van der Waals surface area contributed by atoms with Crippen molar-refractivity contribution in [3.8, 4) is 11.5 Å². The number of aromatic nitrogens is 2. The van der Waals surface area contributed by atoms with Gasteiger partial charge in [0.15, 0.2) is 0 Å². The summed E-state index contributed by atoms with van der Waals surface area (Å²) in [7, 11) is 0. The van der Waals surface area contributed by atoms with Crippen molar-refractivity contribution in [1.29, 1.82) is 0 Å². The first-order chi connectivity index (χ1) is 12.2. The molecule has 1 heterocycles. The van der Waals surface area contributed by atoms with Crippen LogP contribution in [0.3, 0.4) is 0 Å². The first kappa shape index (κ1) is 16.0. The maximum atomic E-state index is 10.0. The van der Waals surface area contributed by atoms with Crippen LogP contribution in [0, 0.1) is 6.92 Å². The molecule has 1 aliphatic rings. The average Bonchev–Trinajstić information content (AvgIpc) is 3.26. The van der Waals surface area contributed by atoms with E-state index in [4.69, 9.17) is 4.42 Å². The van der Waals surface area contributed by atoms with E-state index in [1.165, 1.54) is 5.56 Å². The first-order valence-electron chi connectivity index (χ1n) is 8.54. The number of rotatable bonds is 5. The van der Waals surface area contributed by atoms with Gasteiger partial charge >= 0.3 is 0 Å². The molecule has 0 saturated heterocycles. The number of hydrogen-bond donors (Lipinski definition) is 2. The summed E-state index contributed by atoms with van der Waals surface area (Å²) in [6.07, 6.45) is 1.82. The minimum atomic E-state index is -0.436. The van der Waals surface area contributed by atoms with Crippen LogP contribution in [0.4, 0.5) is 0 Å². The Balaban J connectivity index is 1.52. The van der Waals surface area contributed by atoms with E-state index < -0.39 is 5.54 Å². The van der Waals surface area contributed by atoms with Gasteiger partial charge in [0.05, 0.1) is 18.7 Å². The topological polar surface area (TPSA) is 71.2 Å². The molecule has 0 saturated carbocycles. The van der Waals surface area contributed by atoms with Crippen molar-refractivity contribution in [2.24, 2.45) is 0 Å². The fourth-order valence-electron chi connectivity index (χ4n) is 3.56. The third-order valence-corrected chi connectivity index (χ3v) is 4.93. The Kier molecular flexibility index (Phi) is 4.11. The third-order valence-electron chi connectivity index (χ3n) is 4.93. The van der Waals surface area contributed by atoms with Crippen LogP contribution in [0.15, 0.2) is 52.9 Å². The van der Waals surface area contributed by atoms with E-state index in [9.17, 15) is 5.11 Å². The molecule has 0 bridgehead atoms. The second-order valence-corrected chi connectivity index (χ2v) is 6.62. The van der Waals surface area contributed by atoms with E-state index in [-0.39, 0.29) is 6.61 Å². The fraction of sp³-hybridized carbons (Fsp3) is 0.300. The molecule has 25 heavy (non-hydrogen) atoms. The number of aliphatic hydroxyl groups is 1. The van der Waals surface area contributed by atoms with Gasteiger partial charge in [0.25, 0.3) is 0 Å². The Labute approximate surface area is 146 Å². The molecule has 5 nitrogen and oxygen atoms in total.